The second-order valence-electron chi connectivity index (χ2n) is 5.35. The molecule has 0 aliphatic carbocycles. The van der Waals surface area contributed by atoms with Crippen molar-refractivity contribution in [2.75, 3.05) is 21.3 Å². The lowest BCUT2D eigenvalue weighted by molar-refractivity contribution is 0.366. The number of nitrogens with two attached hydrogens (primary N) is 1. The van der Waals surface area contributed by atoms with Crippen LogP contribution < -0.4 is 19.9 Å². The minimum absolute atomic E-state index is 0.146. The molecule has 0 radical (unpaired) electrons. The Kier molecular flexibility index (Phi) is 5.48. The predicted molar refractivity (Wildman–Crippen MR) is 77.3 cm³/mol. The molecule has 0 atom stereocenters. The van der Waals surface area contributed by atoms with Crippen molar-refractivity contribution in [3.63, 3.8) is 0 Å². The van der Waals surface area contributed by atoms with Crippen LogP contribution in [-0.4, -0.2) is 26.9 Å². The SMILES string of the molecule is COc1cc(OC)c(CCCC(C)(C)N)c(OC)c1. The molecule has 0 heterocycles. The van der Waals surface area contributed by atoms with E-state index in [1.54, 1.807) is 21.3 Å². The van der Waals surface area contributed by atoms with Gasteiger partial charge in [-0.1, -0.05) is 0 Å². The van der Waals surface area contributed by atoms with Crippen molar-refractivity contribution in [3.05, 3.63) is 17.7 Å². The summed E-state index contributed by atoms with van der Waals surface area (Å²) in [6.45, 7) is 4.07. The topological polar surface area (TPSA) is 53.7 Å². The maximum absolute atomic E-state index is 6.00. The molecule has 2 N–H and O–H groups in total. The van der Waals surface area contributed by atoms with Crippen molar-refractivity contribution in [1.29, 1.82) is 0 Å². The lowest BCUT2D eigenvalue weighted by atomic mass is 9.96. The molecule has 19 heavy (non-hydrogen) atoms. The van der Waals surface area contributed by atoms with E-state index in [-0.39, 0.29) is 5.54 Å². The van der Waals surface area contributed by atoms with Gasteiger partial charge >= 0.3 is 0 Å². The van der Waals surface area contributed by atoms with Crippen LogP contribution in [0.25, 0.3) is 0 Å². The average molecular weight is 267 g/mol. The fourth-order valence-corrected chi connectivity index (χ4v) is 2.05. The van der Waals surface area contributed by atoms with E-state index in [1.807, 2.05) is 26.0 Å². The third kappa shape index (κ3) is 4.63. The van der Waals surface area contributed by atoms with Crippen molar-refractivity contribution in [2.45, 2.75) is 38.6 Å². The summed E-state index contributed by atoms with van der Waals surface area (Å²) in [4.78, 5) is 0. The van der Waals surface area contributed by atoms with E-state index in [1.165, 1.54) is 0 Å². The van der Waals surface area contributed by atoms with Gasteiger partial charge in [-0.3, -0.25) is 0 Å². The van der Waals surface area contributed by atoms with Crippen LogP contribution in [0.15, 0.2) is 12.1 Å². The molecule has 0 fully saturated rings. The largest absolute Gasteiger partial charge is 0.496 e. The van der Waals surface area contributed by atoms with Crippen molar-refractivity contribution in [2.24, 2.45) is 5.73 Å². The molecule has 1 aromatic rings. The number of hydrogen-bond acceptors (Lipinski definition) is 4. The third-order valence-electron chi connectivity index (χ3n) is 3.06. The summed E-state index contributed by atoms with van der Waals surface area (Å²) in [6, 6.07) is 3.76. The maximum Gasteiger partial charge on any atom is 0.129 e. The number of rotatable bonds is 7. The van der Waals surface area contributed by atoms with Crippen LogP contribution in [0.3, 0.4) is 0 Å². The van der Waals surface area contributed by atoms with E-state index < -0.39 is 0 Å². The first-order valence-corrected chi connectivity index (χ1v) is 6.49. The number of hydrogen-bond donors (Lipinski definition) is 1. The summed E-state index contributed by atoms with van der Waals surface area (Å²) in [7, 11) is 4.94. The summed E-state index contributed by atoms with van der Waals surface area (Å²) in [5.74, 6) is 2.33. The summed E-state index contributed by atoms with van der Waals surface area (Å²) >= 11 is 0. The molecular formula is C15H25NO3. The summed E-state index contributed by atoms with van der Waals surface area (Å²) in [5, 5.41) is 0. The van der Waals surface area contributed by atoms with Crippen LogP contribution in [-0.2, 0) is 6.42 Å². The molecule has 1 rings (SSSR count). The molecule has 0 saturated heterocycles. The molecule has 0 aliphatic heterocycles. The van der Waals surface area contributed by atoms with Crippen LogP contribution in [0.4, 0.5) is 0 Å². The maximum atomic E-state index is 6.00. The van der Waals surface area contributed by atoms with Crippen LogP contribution in [0.5, 0.6) is 17.2 Å². The third-order valence-corrected chi connectivity index (χ3v) is 3.06. The highest BCUT2D eigenvalue weighted by molar-refractivity contribution is 5.50. The monoisotopic (exact) mass is 267 g/mol. The quantitative estimate of drug-likeness (QED) is 0.825. The Morgan fingerprint density at radius 1 is 1.00 bits per heavy atom. The molecule has 4 nitrogen and oxygen atoms in total. The van der Waals surface area contributed by atoms with Gasteiger partial charge in [0, 0.05) is 23.2 Å². The number of benzene rings is 1. The van der Waals surface area contributed by atoms with Crippen molar-refractivity contribution in [1.82, 2.24) is 0 Å². The standard InChI is InChI=1S/C15H25NO3/c1-15(2,16)8-6-7-12-13(18-4)9-11(17-3)10-14(12)19-5/h9-10H,6-8,16H2,1-5H3. The summed E-state index contributed by atoms with van der Waals surface area (Å²) < 4.78 is 16.1. The molecular weight excluding hydrogens is 242 g/mol. The smallest absolute Gasteiger partial charge is 0.129 e. The zero-order chi connectivity index (χ0) is 14.5. The molecule has 0 aliphatic rings. The highest BCUT2D eigenvalue weighted by Gasteiger charge is 2.15. The minimum atomic E-state index is -0.146. The number of ether oxygens (including phenoxy) is 3. The summed E-state index contributed by atoms with van der Waals surface area (Å²) in [5.41, 5.74) is 6.92. The molecule has 108 valence electrons. The van der Waals surface area contributed by atoms with Gasteiger partial charge in [0.2, 0.25) is 0 Å². The van der Waals surface area contributed by atoms with Gasteiger partial charge in [0.15, 0.2) is 0 Å². The first kappa shape index (κ1) is 15.6. The predicted octanol–water partition coefficient (Wildman–Crippen LogP) is 2.77. The van der Waals surface area contributed by atoms with E-state index in [9.17, 15) is 0 Å². The van der Waals surface area contributed by atoms with Crippen LogP contribution >= 0.6 is 0 Å². The molecule has 0 unspecified atom stereocenters. The minimum Gasteiger partial charge on any atom is -0.496 e. The van der Waals surface area contributed by atoms with Gasteiger partial charge in [0.05, 0.1) is 21.3 Å². The van der Waals surface area contributed by atoms with Gasteiger partial charge in [-0.15, -0.1) is 0 Å². The Labute approximate surface area is 115 Å². The van der Waals surface area contributed by atoms with E-state index in [0.717, 1.165) is 42.1 Å². The van der Waals surface area contributed by atoms with Crippen molar-refractivity contribution in [3.8, 4) is 17.2 Å². The zero-order valence-corrected chi connectivity index (χ0v) is 12.6. The Hall–Kier alpha value is -1.42. The van der Waals surface area contributed by atoms with Gasteiger partial charge < -0.3 is 19.9 Å². The molecule has 0 bridgehead atoms. The average Bonchev–Trinajstić information content (AvgIpc) is 2.37. The van der Waals surface area contributed by atoms with Crippen LogP contribution in [0, 0.1) is 0 Å². The van der Waals surface area contributed by atoms with Crippen molar-refractivity contribution < 1.29 is 14.2 Å². The molecule has 4 heteroatoms. The first-order chi connectivity index (χ1) is 8.91. The molecule has 0 spiro atoms. The number of methoxy groups -OCH3 is 3. The molecule has 0 saturated carbocycles. The zero-order valence-electron chi connectivity index (χ0n) is 12.6. The van der Waals surface area contributed by atoms with Crippen molar-refractivity contribution >= 4 is 0 Å². The Balaban J connectivity index is 2.91. The van der Waals surface area contributed by atoms with E-state index in [2.05, 4.69) is 0 Å². The van der Waals surface area contributed by atoms with Gasteiger partial charge in [-0.2, -0.15) is 0 Å². The molecule has 1 aromatic carbocycles. The van der Waals surface area contributed by atoms with Gasteiger partial charge in [-0.25, -0.2) is 0 Å². The van der Waals surface area contributed by atoms with Gasteiger partial charge in [-0.05, 0) is 33.1 Å². The highest BCUT2D eigenvalue weighted by Crippen LogP contribution is 2.35. The fraction of sp³-hybridized carbons (Fsp3) is 0.600. The van der Waals surface area contributed by atoms with E-state index in [4.69, 9.17) is 19.9 Å². The second-order valence-corrected chi connectivity index (χ2v) is 5.35. The first-order valence-electron chi connectivity index (χ1n) is 6.49. The lowest BCUT2D eigenvalue weighted by Crippen LogP contribution is -2.31. The second kappa shape index (κ2) is 6.66. The Bertz CT molecular complexity index is 385. The summed E-state index contributed by atoms with van der Waals surface area (Å²) in [6.07, 6.45) is 2.81. The van der Waals surface area contributed by atoms with Gasteiger partial charge in [0.25, 0.3) is 0 Å². The normalized spacial score (nSPS) is 11.3. The molecule has 0 aromatic heterocycles. The van der Waals surface area contributed by atoms with Gasteiger partial charge in [0.1, 0.15) is 17.2 Å². The van der Waals surface area contributed by atoms with E-state index in [0.29, 0.717) is 0 Å². The fourth-order valence-electron chi connectivity index (χ4n) is 2.05. The molecule has 0 amide bonds. The Morgan fingerprint density at radius 2 is 1.53 bits per heavy atom. The highest BCUT2D eigenvalue weighted by atomic mass is 16.5. The van der Waals surface area contributed by atoms with Crippen LogP contribution in [0.1, 0.15) is 32.3 Å². The lowest BCUT2D eigenvalue weighted by Gasteiger charge is -2.19. The van der Waals surface area contributed by atoms with Crippen LogP contribution in [0.2, 0.25) is 0 Å². The Morgan fingerprint density at radius 3 is 1.89 bits per heavy atom. The van der Waals surface area contributed by atoms with E-state index >= 15 is 0 Å².